The number of benzene rings is 1. The van der Waals surface area contributed by atoms with Gasteiger partial charge in [0.2, 0.25) is 5.91 Å². The number of carboxylic acids is 1. The molecule has 2 fully saturated rings. The molecule has 2 N–H and O–H groups in total. The summed E-state index contributed by atoms with van der Waals surface area (Å²) in [5.41, 5.74) is 1.88. The summed E-state index contributed by atoms with van der Waals surface area (Å²) in [5, 5.41) is 14.8. The summed E-state index contributed by atoms with van der Waals surface area (Å²) in [6.07, 6.45) is 2.24. The zero-order valence-electron chi connectivity index (χ0n) is 17.0. The van der Waals surface area contributed by atoms with Crippen molar-refractivity contribution in [2.45, 2.75) is 39.2 Å². The van der Waals surface area contributed by atoms with Gasteiger partial charge in [-0.1, -0.05) is 30.3 Å². The number of nitrogens with one attached hydrogen (secondary N) is 1. The molecule has 1 heterocycles. The van der Waals surface area contributed by atoms with Crippen LogP contribution in [0.4, 0.5) is 5.00 Å². The van der Waals surface area contributed by atoms with Gasteiger partial charge in [0, 0.05) is 10.9 Å². The maximum absolute atomic E-state index is 13.1. The fourth-order valence-corrected chi connectivity index (χ4v) is 5.94. The van der Waals surface area contributed by atoms with Gasteiger partial charge in [-0.25, -0.2) is 4.79 Å². The van der Waals surface area contributed by atoms with Gasteiger partial charge < -0.3 is 15.2 Å². The minimum atomic E-state index is -0.905. The summed E-state index contributed by atoms with van der Waals surface area (Å²) in [5.74, 6) is -2.76. The Morgan fingerprint density at radius 1 is 1.10 bits per heavy atom. The van der Waals surface area contributed by atoms with Gasteiger partial charge in [-0.2, -0.15) is 0 Å². The van der Waals surface area contributed by atoms with Crippen LogP contribution in [0.2, 0.25) is 0 Å². The molecular weight excluding hydrogens is 402 g/mol. The molecule has 0 spiro atoms. The number of ether oxygens (including phenoxy) is 1. The third kappa shape index (κ3) is 3.74. The Morgan fingerprint density at radius 3 is 2.40 bits per heavy atom. The Hall–Kier alpha value is -2.67. The summed E-state index contributed by atoms with van der Waals surface area (Å²) in [6.45, 7) is 3.55. The van der Waals surface area contributed by atoms with Crippen molar-refractivity contribution in [3.63, 3.8) is 0 Å². The van der Waals surface area contributed by atoms with Gasteiger partial charge in [0.15, 0.2) is 0 Å². The molecule has 7 heteroatoms. The number of fused-ring (bicyclic) bond motifs is 2. The highest BCUT2D eigenvalue weighted by Gasteiger charge is 2.54. The van der Waals surface area contributed by atoms with E-state index in [4.69, 9.17) is 4.74 Å². The average molecular weight is 428 g/mol. The van der Waals surface area contributed by atoms with Crippen molar-refractivity contribution in [1.29, 1.82) is 0 Å². The highest BCUT2D eigenvalue weighted by Crippen LogP contribution is 2.53. The molecule has 1 aromatic heterocycles. The minimum absolute atomic E-state index is 0.0665. The molecule has 2 bridgehead atoms. The largest absolute Gasteiger partial charge is 0.481 e. The number of thiophene rings is 1. The zero-order valence-corrected chi connectivity index (χ0v) is 17.8. The van der Waals surface area contributed by atoms with Gasteiger partial charge in [0.1, 0.15) is 10.6 Å². The van der Waals surface area contributed by atoms with Crippen LogP contribution in [0.5, 0.6) is 0 Å². The SMILES string of the molecule is CC(C)OC(=O)c1c(-c2ccccc2)csc1NC(=O)C1C2CCC(C2)C1C(=O)O. The van der Waals surface area contributed by atoms with E-state index in [1.807, 2.05) is 35.7 Å². The Kier molecular flexibility index (Phi) is 5.64. The first-order valence-corrected chi connectivity index (χ1v) is 11.2. The minimum Gasteiger partial charge on any atom is -0.481 e. The summed E-state index contributed by atoms with van der Waals surface area (Å²) in [7, 11) is 0. The van der Waals surface area contributed by atoms with Gasteiger partial charge in [-0.3, -0.25) is 9.59 Å². The topological polar surface area (TPSA) is 92.7 Å². The highest BCUT2D eigenvalue weighted by molar-refractivity contribution is 7.15. The second-order valence-corrected chi connectivity index (χ2v) is 9.27. The number of rotatable bonds is 6. The van der Waals surface area contributed by atoms with Crippen molar-refractivity contribution in [3.8, 4) is 11.1 Å². The number of hydrogen-bond acceptors (Lipinski definition) is 5. The number of anilines is 1. The van der Waals surface area contributed by atoms with Crippen molar-refractivity contribution in [3.05, 3.63) is 41.3 Å². The predicted octanol–water partition coefficient (Wildman–Crippen LogP) is 4.67. The molecule has 4 atom stereocenters. The smallest absolute Gasteiger partial charge is 0.342 e. The van der Waals surface area contributed by atoms with Crippen molar-refractivity contribution in [1.82, 2.24) is 0 Å². The highest BCUT2D eigenvalue weighted by atomic mass is 32.1. The van der Waals surface area contributed by atoms with Crippen molar-refractivity contribution in [2.24, 2.45) is 23.7 Å². The van der Waals surface area contributed by atoms with Gasteiger partial charge in [-0.05, 0) is 50.5 Å². The lowest BCUT2D eigenvalue weighted by molar-refractivity contribution is -0.148. The van der Waals surface area contributed by atoms with E-state index in [-0.39, 0.29) is 23.8 Å². The van der Waals surface area contributed by atoms with Gasteiger partial charge in [-0.15, -0.1) is 11.3 Å². The first-order valence-electron chi connectivity index (χ1n) is 10.3. The molecule has 30 heavy (non-hydrogen) atoms. The number of carbonyl (C=O) groups is 3. The summed E-state index contributed by atoms with van der Waals surface area (Å²) >= 11 is 1.26. The van der Waals surface area contributed by atoms with Crippen LogP contribution in [0.3, 0.4) is 0 Å². The third-order valence-corrected chi connectivity index (χ3v) is 7.06. The van der Waals surface area contributed by atoms with Crippen molar-refractivity contribution < 1.29 is 24.2 Å². The lowest BCUT2D eigenvalue weighted by Gasteiger charge is -2.27. The Bertz CT molecular complexity index is 967. The van der Waals surface area contributed by atoms with Crippen LogP contribution in [-0.4, -0.2) is 29.1 Å². The lowest BCUT2D eigenvalue weighted by Crippen LogP contribution is -2.38. The molecular formula is C23H25NO5S. The Balaban J connectivity index is 1.65. The van der Waals surface area contributed by atoms with Crippen molar-refractivity contribution >= 4 is 34.2 Å². The van der Waals surface area contributed by atoms with E-state index in [1.54, 1.807) is 13.8 Å². The molecule has 4 unspecified atom stereocenters. The number of hydrogen-bond donors (Lipinski definition) is 2. The van der Waals surface area contributed by atoms with Crippen LogP contribution in [0, 0.1) is 23.7 Å². The molecule has 6 nitrogen and oxygen atoms in total. The van der Waals surface area contributed by atoms with Crippen molar-refractivity contribution in [2.75, 3.05) is 5.32 Å². The molecule has 2 saturated carbocycles. The normalized spacial score (nSPS) is 24.8. The average Bonchev–Trinajstić information content (AvgIpc) is 3.42. The summed E-state index contributed by atoms with van der Waals surface area (Å²) in [4.78, 5) is 37.8. The molecule has 0 radical (unpaired) electrons. The van der Waals surface area contributed by atoms with E-state index in [2.05, 4.69) is 5.32 Å². The van der Waals surface area contributed by atoms with Crippen LogP contribution >= 0.6 is 11.3 Å². The molecule has 2 aliphatic carbocycles. The summed E-state index contributed by atoms with van der Waals surface area (Å²) < 4.78 is 5.44. The van der Waals surface area contributed by atoms with E-state index in [1.165, 1.54) is 11.3 Å². The van der Waals surface area contributed by atoms with Crippen LogP contribution < -0.4 is 5.32 Å². The van der Waals surface area contributed by atoms with E-state index >= 15 is 0 Å². The quantitative estimate of drug-likeness (QED) is 0.654. The second kappa shape index (κ2) is 8.22. The van der Waals surface area contributed by atoms with E-state index in [0.717, 1.165) is 24.8 Å². The predicted molar refractivity (Wildman–Crippen MR) is 114 cm³/mol. The van der Waals surface area contributed by atoms with E-state index < -0.39 is 23.8 Å². The van der Waals surface area contributed by atoms with Gasteiger partial charge in [0.05, 0.1) is 17.9 Å². The molecule has 2 aromatic rings. The molecule has 1 aromatic carbocycles. The fraction of sp³-hybridized carbons (Fsp3) is 0.435. The van der Waals surface area contributed by atoms with Crippen LogP contribution in [0.1, 0.15) is 43.5 Å². The molecule has 1 amide bonds. The second-order valence-electron chi connectivity index (χ2n) is 8.39. The molecule has 4 rings (SSSR count). The van der Waals surface area contributed by atoms with Gasteiger partial charge in [0.25, 0.3) is 0 Å². The van der Waals surface area contributed by atoms with Gasteiger partial charge >= 0.3 is 11.9 Å². The number of esters is 1. The first kappa shape index (κ1) is 20.6. The molecule has 158 valence electrons. The fourth-order valence-electron chi connectivity index (χ4n) is 4.97. The maximum atomic E-state index is 13.1. The molecule has 2 aliphatic rings. The Labute approximate surface area is 179 Å². The standard InChI is InChI=1S/C23H25NO5S/c1-12(2)29-23(28)19-16(13-6-4-3-5-7-13)11-30-21(19)24-20(25)17-14-8-9-15(10-14)18(17)22(26)27/h3-7,11-12,14-15,17-18H,8-10H2,1-2H3,(H,24,25)(H,26,27). The maximum Gasteiger partial charge on any atom is 0.342 e. The summed E-state index contributed by atoms with van der Waals surface area (Å²) in [6, 6.07) is 9.46. The van der Waals surface area contributed by atoms with Crippen LogP contribution in [0.15, 0.2) is 35.7 Å². The number of carboxylic acid groups (broad SMARTS) is 1. The zero-order chi connectivity index (χ0) is 21.4. The number of aliphatic carboxylic acids is 1. The van der Waals surface area contributed by atoms with E-state index in [0.29, 0.717) is 16.1 Å². The molecule has 0 saturated heterocycles. The molecule has 0 aliphatic heterocycles. The third-order valence-electron chi connectivity index (χ3n) is 6.16. The van der Waals surface area contributed by atoms with Crippen LogP contribution in [0.25, 0.3) is 11.1 Å². The van der Waals surface area contributed by atoms with Crippen LogP contribution in [-0.2, 0) is 14.3 Å². The number of amides is 1. The lowest BCUT2D eigenvalue weighted by atomic mass is 9.79. The Morgan fingerprint density at radius 2 is 1.77 bits per heavy atom. The first-order chi connectivity index (χ1) is 14.4. The monoisotopic (exact) mass is 427 g/mol. The van der Waals surface area contributed by atoms with E-state index in [9.17, 15) is 19.5 Å². The number of carbonyl (C=O) groups excluding carboxylic acids is 2.